The zero-order chi connectivity index (χ0) is 21.5. The lowest BCUT2D eigenvalue weighted by Crippen LogP contribution is -2.17. The number of nitrogens with one attached hydrogen (secondary N) is 1. The van der Waals surface area contributed by atoms with Gasteiger partial charge in [0.1, 0.15) is 5.00 Å². The van der Waals surface area contributed by atoms with Crippen LogP contribution < -0.4 is 5.32 Å². The van der Waals surface area contributed by atoms with Crippen LogP contribution in [-0.4, -0.2) is 31.1 Å². The fraction of sp³-hybridized carbons (Fsp3) is 0.435. The molecule has 1 aliphatic rings. The van der Waals surface area contributed by atoms with Crippen LogP contribution >= 0.6 is 11.3 Å². The Morgan fingerprint density at radius 3 is 2.50 bits per heavy atom. The molecule has 6 nitrogen and oxygen atoms in total. The lowest BCUT2D eigenvalue weighted by molar-refractivity contribution is -0.144. The monoisotopic (exact) mass is 429 g/mol. The molecule has 0 spiro atoms. The van der Waals surface area contributed by atoms with Gasteiger partial charge in [-0.25, -0.2) is 4.79 Å². The van der Waals surface area contributed by atoms with Gasteiger partial charge >= 0.3 is 11.9 Å². The van der Waals surface area contributed by atoms with Crippen molar-refractivity contribution in [2.75, 3.05) is 18.5 Å². The van der Waals surface area contributed by atoms with Gasteiger partial charge in [-0.2, -0.15) is 0 Å². The highest BCUT2D eigenvalue weighted by atomic mass is 32.1. The van der Waals surface area contributed by atoms with Gasteiger partial charge in [-0.3, -0.25) is 9.59 Å². The van der Waals surface area contributed by atoms with Crippen molar-refractivity contribution in [3.63, 3.8) is 0 Å². The van der Waals surface area contributed by atoms with Crippen molar-refractivity contribution in [2.24, 2.45) is 0 Å². The molecule has 1 aromatic heterocycles. The largest absolute Gasteiger partial charge is 0.466 e. The molecule has 1 heterocycles. The number of benzene rings is 1. The number of fused-ring (bicyclic) bond motifs is 1. The molecule has 7 heteroatoms. The lowest BCUT2D eigenvalue weighted by Gasteiger charge is -2.23. The maximum atomic E-state index is 12.6. The second-order valence-corrected chi connectivity index (χ2v) is 8.24. The van der Waals surface area contributed by atoms with E-state index in [1.54, 1.807) is 13.8 Å². The van der Waals surface area contributed by atoms with Gasteiger partial charge in [-0.05, 0) is 50.2 Å². The Labute approximate surface area is 180 Å². The van der Waals surface area contributed by atoms with E-state index in [-0.39, 0.29) is 32.0 Å². The molecule has 3 rings (SSSR count). The summed E-state index contributed by atoms with van der Waals surface area (Å²) in [6.45, 7) is 4.04. The molecule has 0 saturated carbocycles. The van der Waals surface area contributed by atoms with Crippen LogP contribution in [0.1, 0.15) is 65.4 Å². The third-order valence-corrected chi connectivity index (χ3v) is 6.30. The molecule has 0 saturated heterocycles. The first-order valence-corrected chi connectivity index (χ1v) is 11.2. The number of hydrogen-bond donors (Lipinski definition) is 1. The molecule has 1 aliphatic carbocycles. The normalized spacial score (nSPS) is 15.2. The third kappa shape index (κ3) is 5.27. The van der Waals surface area contributed by atoms with Crippen LogP contribution in [0.5, 0.6) is 0 Å². The summed E-state index contributed by atoms with van der Waals surface area (Å²) in [5.41, 5.74) is 2.73. The second kappa shape index (κ2) is 10.4. The molecule has 30 heavy (non-hydrogen) atoms. The molecule has 0 bridgehead atoms. The van der Waals surface area contributed by atoms with Gasteiger partial charge in [0.05, 0.1) is 25.2 Å². The average Bonchev–Trinajstić information content (AvgIpc) is 3.10. The summed E-state index contributed by atoms with van der Waals surface area (Å²) in [6, 6.07) is 10.4. The molecular weight excluding hydrogens is 402 g/mol. The first-order chi connectivity index (χ1) is 14.5. The zero-order valence-electron chi connectivity index (χ0n) is 17.4. The SMILES string of the molecule is CCOC(=O)CCC(=O)Nc1sc2c(c1C(=O)OCC)CC[C@@H](c1ccccc1)C2. The predicted octanol–water partition coefficient (Wildman–Crippen LogP) is 4.48. The maximum absolute atomic E-state index is 12.6. The lowest BCUT2D eigenvalue weighted by atomic mass is 9.83. The minimum absolute atomic E-state index is 0.00951. The van der Waals surface area contributed by atoms with Crippen molar-refractivity contribution in [2.45, 2.75) is 51.9 Å². The van der Waals surface area contributed by atoms with E-state index in [0.29, 0.717) is 16.5 Å². The maximum Gasteiger partial charge on any atom is 0.341 e. The van der Waals surface area contributed by atoms with Gasteiger partial charge in [0.2, 0.25) is 5.91 Å². The summed E-state index contributed by atoms with van der Waals surface area (Å²) >= 11 is 1.44. The molecule has 160 valence electrons. The number of thiophene rings is 1. The summed E-state index contributed by atoms with van der Waals surface area (Å²) in [6.07, 6.45) is 2.55. The molecule has 0 radical (unpaired) electrons. The number of amides is 1. The summed E-state index contributed by atoms with van der Waals surface area (Å²) in [7, 11) is 0. The van der Waals surface area contributed by atoms with Gasteiger partial charge in [0.25, 0.3) is 0 Å². The Bertz CT molecular complexity index is 906. The van der Waals surface area contributed by atoms with Crippen LogP contribution in [0.15, 0.2) is 30.3 Å². The van der Waals surface area contributed by atoms with E-state index in [9.17, 15) is 14.4 Å². The molecule has 0 aliphatic heterocycles. The summed E-state index contributed by atoms with van der Waals surface area (Å²) in [4.78, 5) is 37.7. The number of ether oxygens (including phenoxy) is 2. The van der Waals surface area contributed by atoms with Crippen molar-refractivity contribution < 1.29 is 23.9 Å². The number of carbonyl (C=O) groups excluding carboxylic acids is 3. The number of carbonyl (C=O) groups is 3. The average molecular weight is 430 g/mol. The van der Waals surface area contributed by atoms with E-state index in [2.05, 4.69) is 17.4 Å². The molecule has 1 aromatic carbocycles. The first kappa shape index (κ1) is 22.0. The molecule has 1 N–H and O–H groups in total. The summed E-state index contributed by atoms with van der Waals surface area (Å²) in [5, 5.41) is 3.34. The van der Waals surface area contributed by atoms with Crippen LogP contribution in [-0.2, 0) is 31.9 Å². The van der Waals surface area contributed by atoms with Crippen molar-refractivity contribution in [1.82, 2.24) is 0 Å². The molecule has 2 aromatic rings. The van der Waals surface area contributed by atoms with Crippen LogP contribution in [0, 0.1) is 0 Å². The highest BCUT2D eigenvalue weighted by Crippen LogP contribution is 2.42. The van der Waals surface area contributed by atoms with Gasteiger partial charge < -0.3 is 14.8 Å². The molecule has 0 unspecified atom stereocenters. The zero-order valence-corrected chi connectivity index (χ0v) is 18.2. The third-order valence-electron chi connectivity index (χ3n) is 5.13. The molecule has 1 amide bonds. The number of anilines is 1. The van der Waals surface area contributed by atoms with E-state index in [0.717, 1.165) is 29.7 Å². The van der Waals surface area contributed by atoms with E-state index in [4.69, 9.17) is 9.47 Å². The van der Waals surface area contributed by atoms with Crippen molar-refractivity contribution >= 4 is 34.2 Å². The standard InChI is InChI=1S/C23H27NO5S/c1-3-28-20(26)13-12-19(25)24-22-21(23(27)29-4-2)17-11-10-16(14-18(17)30-22)15-8-6-5-7-9-15/h5-9,16H,3-4,10-14H2,1-2H3,(H,24,25)/t16-/m1/s1. The van der Waals surface area contributed by atoms with Crippen LogP contribution in [0.3, 0.4) is 0 Å². The Kier molecular flexibility index (Phi) is 7.63. The topological polar surface area (TPSA) is 81.7 Å². The summed E-state index contributed by atoms with van der Waals surface area (Å²) in [5.74, 6) is -0.741. The Morgan fingerprint density at radius 2 is 1.80 bits per heavy atom. The highest BCUT2D eigenvalue weighted by Gasteiger charge is 2.30. The fourth-order valence-electron chi connectivity index (χ4n) is 3.74. The van der Waals surface area contributed by atoms with Gasteiger partial charge in [0.15, 0.2) is 0 Å². The van der Waals surface area contributed by atoms with Gasteiger partial charge in [0, 0.05) is 11.3 Å². The van der Waals surface area contributed by atoms with E-state index in [1.807, 2.05) is 18.2 Å². The number of esters is 2. The Hall–Kier alpha value is -2.67. The van der Waals surface area contributed by atoms with Gasteiger partial charge in [-0.1, -0.05) is 30.3 Å². The highest BCUT2D eigenvalue weighted by molar-refractivity contribution is 7.17. The van der Waals surface area contributed by atoms with E-state index < -0.39 is 11.9 Å². The van der Waals surface area contributed by atoms with Crippen LogP contribution in [0.4, 0.5) is 5.00 Å². The van der Waals surface area contributed by atoms with Crippen LogP contribution in [0.2, 0.25) is 0 Å². The quantitative estimate of drug-likeness (QED) is 0.626. The van der Waals surface area contributed by atoms with E-state index >= 15 is 0 Å². The minimum Gasteiger partial charge on any atom is -0.466 e. The van der Waals surface area contributed by atoms with E-state index in [1.165, 1.54) is 16.9 Å². The fourth-order valence-corrected chi connectivity index (χ4v) is 5.07. The minimum atomic E-state index is -0.408. The number of rotatable bonds is 8. The predicted molar refractivity (Wildman–Crippen MR) is 116 cm³/mol. The van der Waals surface area contributed by atoms with Crippen molar-refractivity contribution in [3.05, 3.63) is 51.9 Å². The summed E-state index contributed by atoms with van der Waals surface area (Å²) < 4.78 is 10.1. The second-order valence-electron chi connectivity index (χ2n) is 7.13. The number of hydrogen-bond acceptors (Lipinski definition) is 6. The molecule has 1 atom stereocenters. The Morgan fingerprint density at radius 1 is 1.07 bits per heavy atom. The molecular formula is C23H27NO5S. The Balaban J connectivity index is 1.79. The molecule has 0 fully saturated rings. The van der Waals surface area contributed by atoms with Gasteiger partial charge in [-0.15, -0.1) is 11.3 Å². The van der Waals surface area contributed by atoms with Crippen molar-refractivity contribution in [1.29, 1.82) is 0 Å². The first-order valence-electron chi connectivity index (χ1n) is 10.4. The smallest absolute Gasteiger partial charge is 0.341 e. The van der Waals surface area contributed by atoms with Crippen molar-refractivity contribution in [3.8, 4) is 0 Å². The van der Waals surface area contributed by atoms with Crippen LogP contribution in [0.25, 0.3) is 0 Å².